The second kappa shape index (κ2) is 11.7. The minimum absolute atomic E-state index is 0.225. The third-order valence-corrected chi connectivity index (χ3v) is 3.06. The van der Waals surface area contributed by atoms with E-state index in [4.69, 9.17) is 5.73 Å². The molecule has 0 radical (unpaired) electrons. The molecule has 0 aliphatic carbocycles. The third kappa shape index (κ3) is 10.1. The van der Waals surface area contributed by atoms with E-state index in [1.165, 1.54) is 44.9 Å². The largest absolute Gasteiger partial charge is 0.366 e. The first-order chi connectivity index (χ1) is 8.22. The minimum Gasteiger partial charge on any atom is -0.366 e. The highest BCUT2D eigenvalue weighted by atomic mass is 16.1. The van der Waals surface area contributed by atoms with E-state index in [1.807, 2.05) is 0 Å². The van der Waals surface area contributed by atoms with Gasteiger partial charge < -0.3 is 5.73 Å². The number of primary amides is 1. The lowest BCUT2D eigenvalue weighted by atomic mass is 10.0. The van der Waals surface area contributed by atoms with Crippen LogP contribution in [0.15, 0.2) is 11.6 Å². The summed E-state index contributed by atoms with van der Waals surface area (Å²) in [7, 11) is 0. The molecule has 17 heavy (non-hydrogen) atoms. The Morgan fingerprint density at radius 1 is 0.941 bits per heavy atom. The highest BCUT2D eigenvalue weighted by Gasteiger charge is 2.03. The summed E-state index contributed by atoms with van der Waals surface area (Å²) >= 11 is 0. The molecule has 0 saturated carbocycles. The van der Waals surface area contributed by atoms with Crippen molar-refractivity contribution in [2.24, 2.45) is 5.73 Å². The molecule has 0 aliphatic rings. The van der Waals surface area contributed by atoms with Crippen LogP contribution in [0.2, 0.25) is 0 Å². The van der Waals surface area contributed by atoms with Gasteiger partial charge in [-0.1, -0.05) is 58.4 Å². The van der Waals surface area contributed by atoms with Gasteiger partial charge in [-0.25, -0.2) is 0 Å². The number of carbonyl (C=O) groups is 1. The van der Waals surface area contributed by atoms with Gasteiger partial charge in [0.25, 0.3) is 0 Å². The van der Waals surface area contributed by atoms with Gasteiger partial charge in [-0.05, 0) is 25.7 Å². The Labute approximate surface area is 107 Å². The topological polar surface area (TPSA) is 43.1 Å². The maximum absolute atomic E-state index is 11.2. The molecule has 2 nitrogen and oxygen atoms in total. The fourth-order valence-electron chi connectivity index (χ4n) is 1.92. The van der Waals surface area contributed by atoms with E-state index in [0.717, 1.165) is 24.8 Å². The zero-order valence-corrected chi connectivity index (χ0v) is 11.6. The number of nitrogens with two attached hydrogens (primary N) is 1. The molecule has 0 spiro atoms. The number of unbranched alkanes of at least 4 members (excludes halogenated alkanes) is 7. The molecule has 0 rings (SSSR count). The molecule has 0 aromatic rings. The van der Waals surface area contributed by atoms with Crippen molar-refractivity contribution in [1.29, 1.82) is 0 Å². The van der Waals surface area contributed by atoms with Gasteiger partial charge in [0.05, 0.1) is 0 Å². The summed E-state index contributed by atoms with van der Waals surface area (Å²) in [4.78, 5) is 11.2. The SMILES string of the molecule is CCCCCCC=C(CCCCCC)C(N)=O. The van der Waals surface area contributed by atoms with Gasteiger partial charge in [0.1, 0.15) is 0 Å². The molecule has 100 valence electrons. The summed E-state index contributed by atoms with van der Waals surface area (Å²) in [5.74, 6) is -0.225. The molecule has 2 N–H and O–H groups in total. The van der Waals surface area contributed by atoms with Crippen LogP contribution in [0.1, 0.15) is 78.1 Å². The maximum Gasteiger partial charge on any atom is 0.244 e. The predicted molar refractivity (Wildman–Crippen MR) is 74.8 cm³/mol. The van der Waals surface area contributed by atoms with Crippen molar-refractivity contribution in [2.45, 2.75) is 78.1 Å². The van der Waals surface area contributed by atoms with Gasteiger partial charge in [-0.3, -0.25) is 4.79 Å². The smallest absolute Gasteiger partial charge is 0.244 e. The van der Waals surface area contributed by atoms with Crippen molar-refractivity contribution in [3.05, 3.63) is 11.6 Å². The van der Waals surface area contributed by atoms with Gasteiger partial charge in [0, 0.05) is 5.57 Å². The first-order valence-corrected chi connectivity index (χ1v) is 7.21. The molecule has 0 aromatic carbocycles. The molecule has 0 aromatic heterocycles. The fourth-order valence-corrected chi connectivity index (χ4v) is 1.92. The molecule has 2 heteroatoms. The van der Waals surface area contributed by atoms with E-state index in [9.17, 15) is 4.79 Å². The number of hydrogen-bond donors (Lipinski definition) is 1. The van der Waals surface area contributed by atoms with Gasteiger partial charge in [0.2, 0.25) is 5.91 Å². The van der Waals surface area contributed by atoms with Crippen molar-refractivity contribution in [3.63, 3.8) is 0 Å². The first kappa shape index (κ1) is 16.2. The normalized spacial score (nSPS) is 11.8. The van der Waals surface area contributed by atoms with Crippen LogP contribution in [0.3, 0.4) is 0 Å². The summed E-state index contributed by atoms with van der Waals surface area (Å²) in [6, 6.07) is 0. The van der Waals surface area contributed by atoms with Crippen molar-refractivity contribution < 1.29 is 4.79 Å². The monoisotopic (exact) mass is 239 g/mol. The maximum atomic E-state index is 11.2. The number of amides is 1. The molecule has 0 unspecified atom stereocenters. The summed E-state index contributed by atoms with van der Waals surface area (Å²) in [6.07, 6.45) is 13.7. The Balaban J connectivity index is 3.79. The van der Waals surface area contributed by atoms with Gasteiger partial charge in [0.15, 0.2) is 0 Å². The van der Waals surface area contributed by atoms with Crippen LogP contribution >= 0.6 is 0 Å². The molecular formula is C15H29NO. The van der Waals surface area contributed by atoms with Crippen LogP contribution in [0, 0.1) is 0 Å². The average molecular weight is 239 g/mol. The zero-order chi connectivity index (χ0) is 12.9. The van der Waals surface area contributed by atoms with E-state index in [0.29, 0.717) is 0 Å². The summed E-state index contributed by atoms with van der Waals surface area (Å²) in [6.45, 7) is 4.40. The highest BCUT2D eigenvalue weighted by molar-refractivity contribution is 5.91. The lowest BCUT2D eigenvalue weighted by molar-refractivity contribution is -0.114. The number of rotatable bonds is 11. The Kier molecular flexibility index (Phi) is 11.1. The molecule has 0 atom stereocenters. The molecular weight excluding hydrogens is 210 g/mol. The molecule has 0 aliphatic heterocycles. The zero-order valence-electron chi connectivity index (χ0n) is 11.6. The van der Waals surface area contributed by atoms with Crippen LogP contribution in [-0.2, 0) is 4.79 Å². The Morgan fingerprint density at radius 3 is 2.06 bits per heavy atom. The van der Waals surface area contributed by atoms with Crippen LogP contribution in [0.25, 0.3) is 0 Å². The molecule has 0 fully saturated rings. The second-order valence-corrected chi connectivity index (χ2v) is 4.75. The van der Waals surface area contributed by atoms with Gasteiger partial charge >= 0.3 is 0 Å². The van der Waals surface area contributed by atoms with E-state index in [1.54, 1.807) is 0 Å². The van der Waals surface area contributed by atoms with E-state index >= 15 is 0 Å². The van der Waals surface area contributed by atoms with E-state index in [2.05, 4.69) is 19.9 Å². The Hall–Kier alpha value is -0.790. The number of carbonyl (C=O) groups excluding carboxylic acids is 1. The fraction of sp³-hybridized carbons (Fsp3) is 0.800. The van der Waals surface area contributed by atoms with Crippen molar-refractivity contribution in [3.8, 4) is 0 Å². The number of allylic oxidation sites excluding steroid dienone is 1. The quantitative estimate of drug-likeness (QED) is 0.423. The summed E-state index contributed by atoms with van der Waals surface area (Å²) in [5.41, 5.74) is 6.23. The van der Waals surface area contributed by atoms with Crippen LogP contribution in [0.5, 0.6) is 0 Å². The lowest BCUT2D eigenvalue weighted by Gasteiger charge is -2.03. The predicted octanol–water partition coefficient (Wildman–Crippen LogP) is 4.34. The third-order valence-electron chi connectivity index (χ3n) is 3.06. The van der Waals surface area contributed by atoms with E-state index in [-0.39, 0.29) is 5.91 Å². The van der Waals surface area contributed by atoms with E-state index < -0.39 is 0 Å². The summed E-state index contributed by atoms with van der Waals surface area (Å²) < 4.78 is 0. The lowest BCUT2D eigenvalue weighted by Crippen LogP contribution is -2.14. The van der Waals surface area contributed by atoms with Crippen LogP contribution in [0.4, 0.5) is 0 Å². The Bertz CT molecular complexity index is 221. The summed E-state index contributed by atoms with van der Waals surface area (Å²) in [5, 5.41) is 0. The molecule has 1 amide bonds. The average Bonchev–Trinajstić information content (AvgIpc) is 2.31. The van der Waals surface area contributed by atoms with Gasteiger partial charge in [-0.15, -0.1) is 0 Å². The number of hydrogen-bond acceptors (Lipinski definition) is 1. The minimum atomic E-state index is -0.225. The van der Waals surface area contributed by atoms with Crippen molar-refractivity contribution in [1.82, 2.24) is 0 Å². The molecule has 0 saturated heterocycles. The van der Waals surface area contributed by atoms with Crippen molar-refractivity contribution in [2.75, 3.05) is 0 Å². The standard InChI is InChI=1S/C15H29NO/c1-3-5-7-9-11-13-14(15(16)17)12-10-8-6-4-2/h13H,3-12H2,1-2H3,(H2,16,17). The second-order valence-electron chi connectivity index (χ2n) is 4.75. The van der Waals surface area contributed by atoms with Crippen molar-refractivity contribution >= 4 is 5.91 Å². The van der Waals surface area contributed by atoms with Crippen LogP contribution < -0.4 is 5.73 Å². The molecule has 0 bridgehead atoms. The Morgan fingerprint density at radius 2 is 1.53 bits per heavy atom. The first-order valence-electron chi connectivity index (χ1n) is 7.21. The van der Waals surface area contributed by atoms with Crippen LogP contribution in [-0.4, -0.2) is 5.91 Å². The molecule has 0 heterocycles. The highest BCUT2D eigenvalue weighted by Crippen LogP contribution is 2.12. The van der Waals surface area contributed by atoms with Gasteiger partial charge in [-0.2, -0.15) is 0 Å².